The lowest BCUT2D eigenvalue weighted by atomic mass is 9.87. The molecule has 25 heavy (non-hydrogen) atoms. The van der Waals surface area contributed by atoms with Crippen LogP contribution in [0.2, 0.25) is 0 Å². The Bertz CT molecular complexity index is 690. The second-order valence-electron chi connectivity index (χ2n) is 6.76. The topological polar surface area (TPSA) is 43.7 Å². The number of rotatable bonds is 4. The fraction of sp³-hybridized carbons (Fsp3) is 0.400. The molecule has 2 N–H and O–H groups in total. The number of aliphatic hydroxyl groups is 2. The average molecular weight is 347 g/mol. The number of hydrogen-bond acceptors (Lipinski definition) is 3. The molecule has 0 unspecified atom stereocenters. The predicted octanol–water partition coefficient (Wildman–Crippen LogP) is 3.37. The quantitative estimate of drug-likeness (QED) is 0.891. The van der Waals surface area contributed by atoms with Crippen LogP contribution in [0.1, 0.15) is 36.5 Å². The third-order valence-corrected chi connectivity index (χ3v) is 4.97. The van der Waals surface area contributed by atoms with E-state index in [1.54, 1.807) is 24.3 Å². The Morgan fingerprint density at radius 2 is 1.52 bits per heavy atom. The van der Waals surface area contributed by atoms with Crippen LogP contribution in [-0.2, 0) is 5.60 Å². The first-order valence-electron chi connectivity index (χ1n) is 8.61. The van der Waals surface area contributed by atoms with Gasteiger partial charge in [-0.3, -0.25) is 0 Å². The van der Waals surface area contributed by atoms with Crippen molar-refractivity contribution in [2.24, 2.45) is 0 Å². The minimum atomic E-state index is -0.969. The van der Waals surface area contributed by atoms with Crippen LogP contribution in [-0.4, -0.2) is 34.7 Å². The standard InChI is InChI=1S/C20H23F2NO2/c21-17-6-2-15(3-7-17)19(24)14-23-12-1-10-20(25,11-13-23)16-4-8-18(22)9-5-16/h2-9,19,24-25H,1,10-14H2/t19-,20-/m1/s1. The van der Waals surface area contributed by atoms with Gasteiger partial charge in [-0.2, -0.15) is 0 Å². The third-order valence-electron chi connectivity index (χ3n) is 4.97. The monoisotopic (exact) mass is 347 g/mol. The van der Waals surface area contributed by atoms with E-state index in [1.807, 2.05) is 0 Å². The van der Waals surface area contributed by atoms with Crippen molar-refractivity contribution < 1.29 is 19.0 Å². The molecule has 0 aromatic heterocycles. The molecule has 3 nitrogen and oxygen atoms in total. The summed E-state index contributed by atoms with van der Waals surface area (Å²) in [6.07, 6.45) is 1.21. The molecule has 2 aromatic carbocycles. The SMILES string of the molecule is O[C@H](CN1CCC[C@](O)(c2ccc(F)cc2)CC1)c1ccc(F)cc1. The number of benzene rings is 2. The maximum absolute atomic E-state index is 13.1. The van der Waals surface area contributed by atoms with E-state index in [1.165, 1.54) is 24.3 Å². The van der Waals surface area contributed by atoms with Crippen molar-refractivity contribution in [1.82, 2.24) is 4.90 Å². The highest BCUT2D eigenvalue weighted by Crippen LogP contribution is 2.33. The van der Waals surface area contributed by atoms with Gasteiger partial charge in [0, 0.05) is 13.1 Å². The van der Waals surface area contributed by atoms with Crippen molar-refractivity contribution in [3.8, 4) is 0 Å². The number of halogens is 2. The minimum Gasteiger partial charge on any atom is -0.387 e. The molecule has 0 bridgehead atoms. The fourth-order valence-electron chi connectivity index (χ4n) is 3.44. The van der Waals surface area contributed by atoms with Crippen molar-refractivity contribution >= 4 is 0 Å². The van der Waals surface area contributed by atoms with Crippen molar-refractivity contribution in [2.75, 3.05) is 19.6 Å². The van der Waals surface area contributed by atoms with E-state index in [-0.39, 0.29) is 11.6 Å². The second-order valence-corrected chi connectivity index (χ2v) is 6.76. The molecule has 0 saturated carbocycles. The van der Waals surface area contributed by atoms with E-state index in [2.05, 4.69) is 4.90 Å². The van der Waals surface area contributed by atoms with Gasteiger partial charge in [-0.1, -0.05) is 24.3 Å². The zero-order valence-electron chi connectivity index (χ0n) is 14.0. The lowest BCUT2D eigenvalue weighted by Crippen LogP contribution is -2.32. The van der Waals surface area contributed by atoms with Crippen LogP contribution >= 0.6 is 0 Å². The predicted molar refractivity (Wildman–Crippen MR) is 91.9 cm³/mol. The highest BCUT2D eigenvalue weighted by Gasteiger charge is 2.32. The molecule has 5 heteroatoms. The van der Waals surface area contributed by atoms with Gasteiger partial charge in [0.25, 0.3) is 0 Å². The molecule has 134 valence electrons. The molecular weight excluding hydrogens is 324 g/mol. The summed E-state index contributed by atoms with van der Waals surface area (Å²) in [5, 5.41) is 21.3. The molecule has 1 aliphatic heterocycles. The van der Waals surface area contributed by atoms with Gasteiger partial charge in [-0.05, 0) is 61.2 Å². The Hall–Kier alpha value is -1.82. The lowest BCUT2D eigenvalue weighted by molar-refractivity contribution is 0.0194. The minimum absolute atomic E-state index is 0.315. The highest BCUT2D eigenvalue weighted by molar-refractivity contribution is 5.23. The number of hydrogen-bond donors (Lipinski definition) is 2. The molecule has 1 aliphatic rings. The fourth-order valence-corrected chi connectivity index (χ4v) is 3.44. The zero-order chi connectivity index (χ0) is 17.9. The van der Waals surface area contributed by atoms with E-state index in [9.17, 15) is 19.0 Å². The van der Waals surface area contributed by atoms with Gasteiger partial charge in [-0.25, -0.2) is 8.78 Å². The Labute approximate surface area is 146 Å². The van der Waals surface area contributed by atoms with E-state index >= 15 is 0 Å². The highest BCUT2D eigenvalue weighted by atomic mass is 19.1. The maximum Gasteiger partial charge on any atom is 0.123 e. The molecule has 0 spiro atoms. The van der Waals surface area contributed by atoms with Gasteiger partial charge >= 0.3 is 0 Å². The molecule has 1 heterocycles. The van der Waals surface area contributed by atoms with Crippen LogP contribution < -0.4 is 0 Å². The van der Waals surface area contributed by atoms with Crippen LogP contribution in [0.5, 0.6) is 0 Å². The van der Waals surface area contributed by atoms with Crippen molar-refractivity contribution in [3.63, 3.8) is 0 Å². The van der Waals surface area contributed by atoms with Gasteiger partial charge in [0.1, 0.15) is 11.6 Å². The largest absolute Gasteiger partial charge is 0.387 e. The second kappa shape index (κ2) is 7.60. The number of aliphatic hydroxyl groups excluding tert-OH is 1. The first-order chi connectivity index (χ1) is 12.0. The number of nitrogens with zero attached hydrogens (tertiary/aromatic N) is 1. The van der Waals surface area contributed by atoms with Crippen molar-refractivity contribution in [2.45, 2.75) is 31.0 Å². The summed E-state index contributed by atoms with van der Waals surface area (Å²) in [6.45, 7) is 1.83. The molecule has 1 saturated heterocycles. The summed E-state index contributed by atoms with van der Waals surface area (Å²) < 4.78 is 26.1. The molecule has 0 aliphatic carbocycles. The Kier molecular flexibility index (Phi) is 5.47. The lowest BCUT2D eigenvalue weighted by Gasteiger charge is -2.28. The zero-order valence-corrected chi connectivity index (χ0v) is 14.0. The van der Waals surface area contributed by atoms with Gasteiger partial charge in [-0.15, -0.1) is 0 Å². The normalized spacial score (nSPS) is 23.2. The maximum atomic E-state index is 13.1. The third kappa shape index (κ3) is 4.42. The summed E-state index contributed by atoms with van der Waals surface area (Å²) in [6, 6.07) is 11.9. The Balaban J connectivity index is 1.63. The van der Waals surface area contributed by atoms with E-state index in [4.69, 9.17) is 0 Å². The van der Waals surface area contributed by atoms with E-state index in [0.717, 1.165) is 18.5 Å². The van der Waals surface area contributed by atoms with E-state index < -0.39 is 11.7 Å². The first kappa shape index (κ1) is 18.0. The molecular formula is C20H23F2NO2. The van der Waals surface area contributed by atoms with Gasteiger partial charge in [0.2, 0.25) is 0 Å². The van der Waals surface area contributed by atoms with Crippen LogP contribution in [0, 0.1) is 11.6 Å². The van der Waals surface area contributed by atoms with E-state index in [0.29, 0.717) is 31.5 Å². The summed E-state index contributed by atoms with van der Waals surface area (Å²) in [7, 11) is 0. The summed E-state index contributed by atoms with van der Waals surface area (Å²) in [4.78, 5) is 2.11. The molecule has 0 radical (unpaired) electrons. The van der Waals surface area contributed by atoms with Crippen molar-refractivity contribution in [3.05, 3.63) is 71.3 Å². The summed E-state index contributed by atoms with van der Waals surface area (Å²) >= 11 is 0. The molecule has 3 rings (SSSR count). The first-order valence-corrected chi connectivity index (χ1v) is 8.61. The summed E-state index contributed by atoms with van der Waals surface area (Å²) in [5.74, 6) is -0.639. The van der Waals surface area contributed by atoms with Crippen LogP contribution in [0.15, 0.2) is 48.5 Å². The molecule has 1 fully saturated rings. The van der Waals surface area contributed by atoms with Crippen LogP contribution in [0.3, 0.4) is 0 Å². The molecule has 2 aromatic rings. The number of likely N-dealkylation sites (tertiary alicyclic amines) is 1. The van der Waals surface area contributed by atoms with Gasteiger partial charge < -0.3 is 15.1 Å². The van der Waals surface area contributed by atoms with Gasteiger partial charge in [0.05, 0.1) is 11.7 Å². The van der Waals surface area contributed by atoms with Crippen LogP contribution in [0.25, 0.3) is 0 Å². The Morgan fingerprint density at radius 1 is 0.920 bits per heavy atom. The molecule has 2 atom stereocenters. The van der Waals surface area contributed by atoms with Crippen LogP contribution in [0.4, 0.5) is 8.78 Å². The van der Waals surface area contributed by atoms with Gasteiger partial charge in [0.15, 0.2) is 0 Å². The number of β-amino-alcohol motifs (C(OH)–C–C–N with tert-alkyl or cyclic N) is 1. The Morgan fingerprint density at radius 3 is 2.16 bits per heavy atom. The average Bonchev–Trinajstić information content (AvgIpc) is 2.79. The molecule has 0 amide bonds. The van der Waals surface area contributed by atoms with Crippen molar-refractivity contribution in [1.29, 1.82) is 0 Å². The summed E-state index contributed by atoms with van der Waals surface area (Å²) in [5.41, 5.74) is 0.442. The smallest absolute Gasteiger partial charge is 0.123 e.